The number of nitrogens with two attached hydrogens (primary N) is 2. The maximum absolute atomic E-state index is 10.9. The van der Waals surface area contributed by atoms with E-state index in [-0.39, 0.29) is 24.7 Å². The summed E-state index contributed by atoms with van der Waals surface area (Å²) in [6, 6.07) is 14.2. The molecule has 2 rings (SSSR count). The maximum atomic E-state index is 10.9. The predicted molar refractivity (Wildman–Crippen MR) is 127 cm³/mol. The van der Waals surface area contributed by atoms with Gasteiger partial charge in [0.25, 0.3) is 0 Å². The Morgan fingerprint density at radius 1 is 0.800 bits per heavy atom. The van der Waals surface area contributed by atoms with Gasteiger partial charge >= 0.3 is 30.3 Å². The van der Waals surface area contributed by atoms with Crippen molar-refractivity contribution in [3.05, 3.63) is 70.8 Å². The van der Waals surface area contributed by atoms with E-state index in [0.29, 0.717) is 17.5 Å². The smallest absolute Gasteiger partial charge is 0.481 e. The lowest BCUT2D eigenvalue weighted by Crippen LogP contribution is -2.21. The van der Waals surface area contributed by atoms with Crippen LogP contribution in [0.25, 0.3) is 0 Å². The number of halogens is 6. The monoisotopic (exact) mass is 582 g/mol. The third kappa shape index (κ3) is 14.3. The molecule has 17 heteroatoms. The first-order chi connectivity index (χ1) is 18.2. The average molecular weight is 582 g/mol. The number of hydrogen-bond donors (Lipinski definition) is 7. The molecular weight excluding hydrogens is 558 g/mol. The summed E-state index contributed by atoms with van der Waals surface area (Å²) in [5.74, 6) is -6.46. The summed E-state index contributed by atoms with van der Waals surface area (Å²) in [6.45, 7) is 0.284. The molecule has 0 heterocycles. The number of alkyl halides is 6. The van der Waals surface area contributed by atoms with Crippen molar-refractivity contribution in [2.75, 3.05) is 0 Å². The first kappa shape index (κ1) is 35.3. The van der Waals surface area contributed by atoms with Crippen LogP contribution in [0.15, 0.2) is 48.5 Å². The van der Waals surface area contributed by atoms with Crippen molar-refractivity contribution < 1.29 is 60.8 Å². The minimum absolute atomic E-state index is 0.00199. The lowest BCUT2D eigenvalue weighted by Gasteiger charge is -2.19. The van der Waals surface area contributed by atoms with E-state index in [9.17, 15) is 31.1 Å². The van der Waals surface area contributed by atoms with Crippen molar-refractivity contribution in [2.45, 2.75) is 37.9 Å². The second-order valence-corrected chi connectivity index (χ2v) is 7.49. The van der Waals surface area contributed by atoms with Crippen LogP contribution in [-0.2, 0) is 25.7 Å². The number of benzene rings is 2. The van der Waals surface area contributed by atoms with Crippen molar-refractivity contribution in [1.29, 1.82) is 10.8 Å². The molecule has 0 aromatic heterocycles. The molecule has 1 atom stereocenters. The number of amidine groups is 2. The van der Waals surface area contributed by atoms with E-state index in [0.717, 1.165) is 11.1 Å². The van der Waals surface area contributed by atoms with E-state index in [1.54, 1.807) is 30.3 Å². The summed E-state index contributed by atoms with van der Waals surface area (Å²) in [6.07, 6.45) is -10.3. The number of nitrogen functional groups attached to an aromatic ring is 2. The SMILES string of the molecule is N=C(N)c1ccc(COC(CCC(=O)O)c2cccc(C(=N)N)c2)cc1.O=C(O)C(F)(F)F.O=C(O)C(F)(F)F. The van der Waals surface area contributed by atoms with Gasteiger partial charge in [-0.25, -0.2) is 9.59 Å². The van der Waals surface area contributed by atoms with Crippen molar-refractivity contribution in [3.63, 3.8) is 0 Å². The lowest BCUT2D eigenvalue weighted by atomic mass is 10.0. The number of nitrogens with one attached hydrogen (secondary N) is 2. The predicted octanol–water partition coefficient (Wildman–Crippen LogP) is 3.64. The summed E-state index contributed by atoms with van der Waals surface area (Å²) in [4.78, 5) is 28.7. The Kier molecular flexibility index (Phi) is 13.8. The van der Waals surface area contributed by atoms with Crippen LogP contribution < -0.4 is 11.5 Å². The van der Waals surface area contributed by atoms with Gasteiger partial charge in [-0.15, -0.1) is 0 Å². The quantitative estimate of drug-likeness (QED) is 0.130. The Morgan fingerprint density at radius 2 is 1.25 bits per heavy atom. The average Bonchev–Trinajstić information content (AvgIpc) is 2.83. The first-order valence-corrected chi connectivity index (χ1v) is 10.6. The topological polar surface area (TPSA) is 221 Å². The zero-order valence-corrected chi connectivity index (χ0v) is 20.2. The minimum atomic E-state index is -5.08. The molecular formula is C23H24F6N4O7. The number of rotatable bonds is 9. The summed E-state index contributed by atoms with van der Waals surface area (Å²) < 4.78 is 69.4. The highest BCUT2D eigenvalue weighted by atomic mass is 19.4. The second kappa shape index (κ2) is 15.7. The molecule has 11 nitrogen and oxygen atoms in total. The molecule has 0 aliphatic rings. The van der Waals surface area contributed by atoms with Gasteiger partial charge in [-0.05, 0) is 23.6 Å². The van der Waals surface area contributed by atoms with Crippen LogP contribution in [0.2, 0.25) is 0 Å². The highest BCUT2D eigenvalue weighted by molar-refractivity contribution is 5.95. The van der Waals surface area contributed by atoms with Gasteiger partial charge in [-0.1, -0.05) is 42.5 Å². The van der Waals surface area contributed by atoms with Crippen molar-refractivity contribution >= 4 is 29.6 Å². The van der Waals surface area contributed by atoms with Crippen LogP contribution in [0.5, 0.6) is 0 Å². The van der Waals surface area contributed by atoms with Crippen LogP contribution >= 0.6 is 0 Å². The molecule has 9 N–H and O–H groups in total. The molecule has 0 aliphatic carbocycles. The summed E-state index contributed by atoms with van der Waals surface area (Å²) >= 11 is 0. The molecule has 0 saturated heterocycles. The molecule has 0 fully saturated rings. The van der Waals surface area contributed by atoms with Crippen LogP contribution in [0.1, 0.15) is 41.2 Å². The van der Waals surface area contributed by atoms with E-state index >= 15 is 0 Å². The van der Waals surface area contributed by atoms with Gasteiger partial charge in [0.05, 0.1) is 12.7 Å². The first-order valence-electron chi connectivity index (χ1n) is 10.6. The highest BCUT2D eigenvalue weighted by Crippen LogP contribution is 2.25. The Morgan fingerprint density at radius 3 is 1.62 bits per heavy atom. The van der Waals surface area contributed by atoms with Gasteiger partial charge < -0.3 is 31.5 Å². The van der Waals surface area contributed by atoms with Crippen LogP contribution in [0.3, 0.4) is 0 Å². The minimum Gasteiger partial charge on any atom is -0.481 e. The second-order valence-electron chi connectivity index (χ2n) is 7.49. The van der Waals surface area contributed by atoms with Gasteiger partial charge in [0, 0.05) is 17.5 Å². The van der Waals surface area contributed by atoms with Gasteiger partial charge in [0.15, 0.2) is 0 Å². The molecule has 0 amide bonds. The Hall–Kier alpha value is -4.67. The van der Waals surface area contributed by atoms with Gasteiger partial charge in [-0.3, -0.25) is 15.6 Å². The van der Waals surface area contributed by atoms with Crippen molar-refractivity contribution in [1.82, 2.24) is 0 Å². The molecule has 0 spiro atoms. The molecule has 0 bridgehead atoms. The molecule has 220 valence electrons. The molecule has 2 aromatic carbocycles. The number of carboxylic acids is 3. The summed E-state index contributed by atoms with van der Waals surface area (Å²) in [7, 11) is 0. The Bertz CT molecular complexity index is 1160. The largest absolute Gasteiger partial charge is 0.490 e. The molecule has 0 radical (unpaired) electrons. The van der Waals surface area contributed by atoms with E-state index in [1.807, 2.05) is 18.2 Å². The fourth-order valence-corrected chi connectivity index (χ4v) is 2.48. The van der Waals surface area contributed by atoms with Crippen LogP contribution in [0.4, 0.5) is 26.3 Å². The molecule has 40 heavy (non-hydrogen) atoms. The highest BCUT2D eigenvalue weighted by Gasteiger charge is 2.38. The molecule has 1 unspecified atom stereocenters. The summed E-state index contributed by atoms with van der Waals surface area (Å²) in [5, 5.41) is 38.2. The molecule has 2 aromatic rings. The van der Waals surface area contributed by atoms with E-state index in [1.165, 1.54) is 0 Å². The zero-order chi connectivity index (χ0) is 31.3. The van der Waals surface area contributed by atoms with E-state index in [4.69, 9.17) is 51.9 Å². The van der Waals surface area contributed by atoms with Gasteiger partial charge in [0.1, 0.15) is 11.7 Å². The third-order valence-electron chi connectivity index (χ3n) is 4.39. The Balaban J connectivity index is 0.000000894. The summed E-state index contributed by atoms with van der Waals surface area (Å²) in [5.41, 5.74) is 13.8. The van der Waals surface area contributed by atoms with E-state index < -0.39 is 36.4 Å². The molecule has 0 saturated carbocycles. The maximum Gasteiger partial charge on any atom is 0.490 e. The van der Waals surface area contributed by atoms with Gasteiger partial charge in [-0.2, -0.15) is 26.3 Å². The number of carboxylic acid groups (broad SMARTS) is 3. The number of hydrogen-bond acceptors (Lipinski definition) is 6. The number of aliphatic carboxylic acids is 3. The van der Waals surface area contributed by atoms with Gasteiger partial charge in [0.2, 0.25) is 0 Å². The number of carbonyl (C=O) groups is 3. The Labute approximate surface area is 222 Å². The standard InChI is InChI=1S/C19H22N4O3.2C2HF3O2/c20-18(21)13-6-4-12(5-7-13)11-26-16(8-9-17(24)25)14-2-1-3-15(10-14)19(22)23;2*3-2(4,5)1(6)7/h1-7,10,16H,8-9,11H2,(H3,20,21)(H3,22,23)(H,24,25);2*(H,6,7). The van der Waals surface area contributed by atoms with Crippen molar-refractivity contribution in [3.8, 4) is 0 Å². The van der Waals surface area contributed by atoms with E-state index in [2.05, 4.69) is 0 Å². The fourth-order valence-electron chi connectivity index (χ4n) is 2.48. The van der Waals surface area contributed by atoms with Crippen LogP contribution in [-0.4, -0.2) is 57.3 Å². The van der Waals surface area contributed by atoms with Crippen LogP contribution in [0, 0.1) is 10.8 Å². The zero-order valence-electron chi connectivity index (χ0n) is 20.2. The molecule has 0 aliphatic heterocycles. The number of ether oxygens (including phenoxy) is 1. The van der Waals surface area contributed by atoms with Crippen molar-refractivity contribution in [2.24, 2.45) is 11.5 Å². The normalized spacial score (nSPS) is 11.6. The third-order valence-corrected chi connectivity index (χ3v) is 4.39. The fraction of sp³-hybridized carbons (Fsp3) is 0.261. The lowest BCUT2D eigenvalue weighted by molar-refractivity contribution is -0.193.